The number of urea groups is 1. The van der Waals surface area contributed by atoms with Crippen LogP contribution >= 0.6 is 0 Å². The molecule has 0 aromatic heterocycles. The number of likely N-dealkylation sites (N-methyl/N-ethyl adjacent to an activating group) is 1. The van der Waals surface area contributed by atoms with Crippen LogP contribution in [0.2, 0.25) is 0 Å². The Labute approximate surface area is 169 Å². The van der Waals surface area contributed by atoms with E-state index < -0.39 is 0 Å². The number of carbonyl (C=O) groups excluding carboxylic acids is 2. The summed E-state index contributed by atoms with van der Waals surface area (Å²) in [7, 11) is 1.95. The molecule has 0 saturated carbocycles. The molecule has 2 heterocycles. The third kappa shape index (κ3) is 3.96. The molecule has 2 aliphatic heterocycles. The summed E-state index contributed by atoms with van der Waals surface area (Å²) in [5, 5.41) is 2.88. The minimum atomic E-state index is -0.314. The molecule has 0 bridgehead atoms. The third-order valence-electron chi connectivity index (χ3n) is 5.96. The standard InChI is InChI=1S/C22H25FN4O2/c1-25-14-20(28)27(19-8-3-2-4-9-19)16-22(25)10-11-26(15-22)21(29)24-13-17-6-5-7-18(23)12-17/h2-9,12H,10-11,13-16H2,1H3,(H,24,29). The van der Waals surface area contributed by atoms with Gasteiger partial charge in [0.15, 0.2) is 0 Å². The molecule has 0 radical (unpaired) electrons. The number of halogens is 1. The van der Waals surface area contributed by atoms with E-state index in [-0.39, 0.29) is 29.8 Å². The molecule has 2 aliphatic rings. The first-order valence-electron chi connectivity index (χ1n) is 9.81. The van der Waals surface area contributed by atoms with E-state index in [1.165, 1.54) is 12.1 Å². The van der Waals surface area contributed by atoms with Crippen molar-refractivity contribution in [2.24, 2.45) is 0 Å². The van der Waals surface area contributed by atoms with Gasteiger partial charge in [-0.15, -0.1) is 0 Å². The number of hydrogen-bond acceptors (Lipinski definition) is 3. The van der Waals surface area contributed by atoms with Gasteiger partial charge in [-0.05, 0) is 43.3 Å². The number of likely N-dealkylation sites (tertiary alicyclic amines) is 1. The van der Waals surface area contributed by atoms with Crippen LogP contribution in [0.5, 0.6) is 0 Å². The SMILES string of the molecule is CN1CC(=O)N(c2ccccc2)CC12CCN(C(=O)NCc1cccc(F)c1)C2. The molecule has 152 valence electrons. The zero-order chi connectivity index (χ0) is 20.4. The Bertz CT molecular complexity index is 907. The van der Waals surface area contributed by atoms with Crippen LogP contribution in [-0.4, -0.2) is 60.5 Å². The number of amides is 3. The Morgan fingerprint density at radius 1 is 1.14 bits per heavy atom. The van der Waals surface area contributed by atoms with E-state index in [0.29, 0.717) is 26.2 Å². The van der Waals surface area contributed by atoms with Crippen LogP contribution in [0.25, 0.3) is 0 Å². The van der Waals surface area contributed by atoms with Crippen molar-refractivity contribution in [3.05, 3.63) is 66.0 Å². The lowest BCUT2D eigenvalue weighted by Gasteiger charge is -2.46. The molecule has 0 aliphatic carbocycles. The number of nitrogens with zero attached hydrogens (tertiary/aromatic N) is 3. The predicted octanol–water partition coefficient (Wildman–Crippen LogP) is 2.46. The van der Waals surface area contributed by atoms with Crippen LogP contribution in [0.1, 0.15) is 12.0 Å². The number of anilines is 1. The lowest BCUT2D eigenvalue weighted by atomic mass is 9.92. The van der Waals surface area contributed by atoms with E-state index >= 15 is 0 Å². The summed E-state index contributed by atoms with van der Waals surface area (Å²) in [5.74, 6) is -0.246. The summed E-state index contributed by atoms with van der Waals surface area (Å²) in [4.78, 5) is 31.0. The fraction of sp³-hybridized carbons (Fsp3) is 0.364. The topological polar surface area (TPSA) is 55.9 Å². The molecule has 1 N–H and O–H groups in total. The van der Waals surface area contributed by atoms with E-state index in [2.05, 4.69) is 10.2 Å². The number of hydrogen-bond donors (Lipinski definition) is 1. The predicted molar refractivity (Wildman–Crippen MR) is 109 cm³/mol. The highest BCUT2D eigenvalue weighted by Gasteiger charge is 2.48. The van der Waals surface area contributed by atoms with Crippen molar-refractivity contribution in [3.63, 3.8) is 0 Å². The first-order valence-corrected chi connectivity index (χ1v) is 9.81. The average molecular weight is 396 g/mol. The van der Waals surface area contributed by atoms with Crippen LogP contribution in [0.15, 0.2) is 54.6 Å². The molecule has 2 fully saturated rings. The van der Waals surface area contributed by atoms with Crippen molar-refractivity contribution < 1.29 is 14.0 Å². The number of piperazine rings is 1. The molecule has 2 aromatic carbocycles. The quantitative estimate of drug-likeness (QED) is 0.867. The molecule has 1 unspecified atom stereocenters. The van der Waals surface area contributed by atoms with Crippen molar-refractivity contribution >= 4 is 17.6 Å². The maximum absolute atomic E-state index is 13.3. The minimum absolute atomic E-state index is 0.0679. The van der Waals surface area contributed by atoms with Crippen LogP contribution in [0, 0.1) is 5.82 Å². The highest BCUT2D eigenvalue weighted by atomic mass is 19.1. The van der Waals surface area contributed by atoms with Crippen molar-refractivity contribution in [1.29, 1.82) is 0 Å². The summed E-state index contributed by atoms with van der Waals surface area (Å²) >= 11 is 0. The van der Waals surface area contributed by atoms with Crippen molar-refractivity contribution in [1.82, 2.24) is 15.1 Å². The molecular weight excluding hydrogens is 371 g/mol. The fourth-order valence-electron chi connectivity index (χ4n) is 4.21. The smallest absolute Gasteiger partial charge is 0.317 e. The molecule has 29 heavy (non-hydrogen) atoms. The summed E-state index contributed by atoms with van der Waals surface area (Å²) in [6.45, 7) is 2.34. The largest absolute Gasteiger partial charge is 0.334 e. The van der Waals surface area contributed by atoms with Crippen LogP contribution in [0.3, 0.4) is 0 Å². The number of para-hydroxylation sites is 1. The Morgan fingerprint density at radius 2 is 1.93 bits per heavy atom. The van der Waals surface area contributed by atoms with Crippen LogP contribution < -0.4 is 10.2 Å². The molecule has 2 saturated heterocycles. The van der Waals surface area contributed by atoms with Gasteiger partial charge in [-0.1, -0.05) is 30.3 Å². The van der Waals surface area contributed by atoms with Crippen LogP contribution in [-0.2, 0) is 11.3 Å². The molecule has 3 amide bonds. The van der Waals surface area contributed by atoms with Gasteiger partial charge in [0.05, 0.1) is 12.1 Å². The van der Waals surface area contributed by atoms with Gasteiger partial charge < -0.3 is 15.1 Å². The molecule has 1 atom stereocenters. The molecule has 4 rings (SSSR count). The number of rotatable bonds is 3. The maximum atomic E-state index is 13.3. The normalized spacial score (nSPS) is 22.3. The molecule has 7 heteroatoms. The van der Waals surface area contributed by atoms with E-state index in [1.54, 1.807) is 17.0 Å². The fourth-order valence-corrected chi connectivity index (χ4v) is 4.21. The highest BCUT2D eigenvalue weighted by Crippen LogP contribution is 2.33. The molecule has 6 nitrogen and oxygen atoms in total. The molecular formula is C22H25FN4O2. The van der Waals surface area contributed by atoms with Gasteiger partial charge in [-0.2, -0.15) is 0 Å². The van der Waals surface area contributed by atoms with Crippen molar-refractivity contribution in [3.8, 4) is 0 Å². The zero-order valence-corrected chi connectivity index (χ0v) is 16.5. The van der Waals surface area contributed by atoms with E-state index in [0.717, 1.165) is 17.7 Å². The van der Waals surface area contributed by atoms with Gasteiger partial charge in [0, 0.05) is 31.9 Å². The second-order valence-electron chi connectivity index (χ2n) is 7.86. The van der Waals surface area contributed by atoms with Crippen LogP contribution in [0.4, 0.5) is 14.9 Å². The monoisotopic (exact) mass is 396 g/mol. The summed E-state index contributed by atoms with van der Waals surface area (Å²) in [6, 6.07) is 15.7. The average Bonchev–Trinajstić information content (AvgIpc) is 3.15. The van der Waals surface area contributed by atoms with Crippen molar-refractivity contribution in [2.45, 2.75) is 18.5 Å². The lowest BCUT2D eigenvalue weighted by Crippen LogP contribution is -2.64. The second kappa shape index (κ2) is 7.83. The van der Waals surface area contributed by atoms with E-state index in [1.807, 2.05) is 42.3 Å². The van der Waals surface area contributed by atoms with Gasteiger partial charge in [0.2, 0.25) is 5.91 Å². The number of nitrogens with one attached hydrogen (secondary N) is 1. The van der Waals surface area contributed by atoms with Gasteiger partial charge >= 0.3 is 6.03 Å². The van der Waals surface area contributed by atoms with Gasteiger partial charge in [-0.25, -0.2) is 9.18 Å². The van der Waals surface area contributed by atoms with Gasteiger partial charge in [-0.3, -0.25) is 9.69 Å². The molecule has 2 aromatic rings. The van der Waals surface area contributed by atoms with E-state index in [4.69, 9.17) is 0 Å². The second-order valence-corrected chi connectivity index (χ2v) is 7.86. The summed E-state index contributed by atoms with van der Waals surface area (Å²) < 4.78 is 13.3. The zero-order valence-electron chi connectivity index (χ0n) is 16.5. The number of carbonyl (C=O) groups is 2. The minimum Gasteiger partial charge on any atom is -0.334 e. The third-order valence-corrected chi connectivity index (χ3v) is 5.96. The molecule has 1 spiro atoms. The first kappa shape index (κ1) is 19.4. The maximum Gasteiger partial charge on any atom is 0.317 e. The number of benzene rings is 2. The lowest BCUT2D eigenvalue weighted by molar-refractivity contribution is -0.123. The Kier molecular flexibility index (Phi) is 5.24. The van der Waals surface area contributed by atoms with E-state index in [9.17, 15) is 14.0 Å². The highest BCUT2D eigenvalue weighted by molar-refractivity contribution is 5.96. The Balaban J connectivity index is 1.42. The van der Waals surface area contributed by atoms with Gasteiger partial charge in [0.25, 0.3) is 0 Å². The Hall–Kier alpha value is -2.93. The summed E-state index contributed by atoms with van der Waals surface area (Å²) in [5.41, 5.74) is 1.35. The first-order chi connectivity index (χ1) is 14.0. The Morgan fingerprint density at radius 3 is 2.69 bits per heavy atom. The van der Waals surface area contributed by atoms with Gasteiger partial charge in [0.1, 0.15) is 5.82 Å². The van der Waals surface area contributed by atoms with Crippen molar-refractivity contribution in [2.75, 3.05) is 38.1 Å². The summed E-state index contributed by atoms with van der Waals surface area (Å²) in [6.07, 6.45) is 0.799.